The van der Waals surface area contributed by atoms with Gasteiger partial charge in [0, 0.05) is 36.5 Å². The van der Waals surface area contributed by atoms with Gasteiger partial charge < -0.3 is 14.8 Å². The predicted molar refractivity (Wildman–Crippen MR) is 130 cm³/mol. The first-order valence-electron chi connectivity index (χ1n) is 13.0. The predicted octanol–water partition coefficient (Wildman–Crippen LogP) is 4.17. The fraction of sp³-hybridized carbons (Fsp3) is 0.600. The highest BCUT2D eigenvalue weighted by atomic mass is 32.2. The topological polar surface area (TPSA) is 103 Å². The van der Waals surface area contributed by atoms with Gasteiger partial charge in [-0.25, -0.2) is 22.0 Å². The molecule has 1 aromatic carbocycles. The maximum atomic E-state index is 14.7. The number of aromatic nitrogens is 2. The maximum Gasteiger partial charge on any atom is 0.416 e. The van der Waals surface area contributed by atoms with E-state index in [0.29, 0.717) is 30.5 Å². The molecule has 0 bridgehead atoms. The number of nitrogens with one attached hydrogen (secondary N) is 1. The van der Waals surface area contributed by atoms with Gasteiger partial charge >= 0.3 is 12.3 Å². The van der Waals surface area contributed by atoms with Crippen LogP contribution in [0.5, 0.6) is 0 Å². The fourth-order valence-corrected chi connectivity index (χ4v) is 6.71. The minimum atomic E-state index is -4.89. The summed E-state index contributed by atoms with van der Waals surface area (Å²) in [7, 11) is -3.64. The van der Waals surface area contributed by atoms with Crippen LogP contribution in [0.25, 0.3) is 0 Å². The average molecular weight is 593 g/mol. The van der Waals surface area contributed by atoms with E-state index in [9.17, 15) is 35.2 Å². The third kappa shape index (κ3) is 5.81. The third-order valence-corrected chi connectivity index (χ3v) is 9.41. The van der Waals surface area contributed by atoms with Gasteiger partial charge in [-0.05, 0) is 43.9 Å². The van der Waals surface area contributed by atoms with E-state index in [2.05, 4.69) is 10.4 Å². The summed E-state index contributed by atoms with van der Waals surface area (Å²) in [6, 6.07) is -0.183. The summed E-state index contributed by atoms with van der Waals surface area (Å²) in [5.41, 5.74) is 0.330. The van der Waals surface area contributed by atoms with E-state index >= 15 is 0 Å². The number of halogens is 5. The number of unbranched alkanes of at least 4 members (excludes halogenated alkanes) is 1. The van der Waals surface area contributed by atoms with Gasteiger partial charge in [-0.3, -0.25) is 4.90 Å². The molecule has 1 saturated heterocycles. The van der Waals surface area contributed by atoms with Crippen molar-refractivity contribution in [3.63, 3.8) is 0 Å². The minimum Gasteiger partial charge on any atom is -0.450 e. The van der Waals surface area contributed by atoms with Crippen LogP contribution < -0.4 is 5.32 Å². The van der Waals surface area contributed by atoms with Gasteiger partial charge in [0.25, 0.3) is 10.0 Å². The number of alkyl halides is 3. The number of carbonyl (C=O) groups excluding carboxylic acids is 1. The zero-order valence-electron chi connectivity index (χ0n) is 21.5. The normalized spacial score (nSPS) is 25.6. The van der Waals surface area contributed by atoms with Crippen molar-refractivity contribution in [2.24, 2.45) is 0 Å². The molecule has 5 rings (SSSR count). The number of carbonyl (C=O) groups is 1. The van der Waals surface area contributed by atoms with Crippen LogP contribution in [0.3, 0.4) is 0 Å². The Bertz CT molecular complexity index is 1340. The molecule has 1 N–H and O–H groups in total. The SMILES string of the molecule is CCCCOC(=O)N[C@H]1C[C@@H](N2Cc3cn(S(=O)(=O)C4CC4)nc3C2)[C@@H](C(F)(F)F)O[C@@H]1c1cc(F)ccc1F. The number of benzene rings is 1. The molecule has 0 radical (unpaired) electrons. The second-order valence-corrected chi connectivity index (χ2v) is 12.4. The van der Waals surface area contributed by atoms with Crippen LogP contribution in [-0.2, 0) is 32.6 Å². The Morgan fingerprint density at radius 3 is 2.62 bits per heavy atom. The van der Waals surface area contributed by atoms with Crippen molar-refractivity contribution in [3.05, 3.63) is 52.9 Å². The molecule has 2 fully saturated rings. The summed E-state index contributed by atoms with van der Waals surface area (Å²) in [5, 5.41) is 6.12. The average Bonchev–Trinajstić information content (AvgIpc) is 3.56. The summed E-state index contributed by atoms with van der Waals surface area (Å²) >= 11 is 0. The lowest BCUT2D eigenvalue weighted by Crippen LogP contribution is -2.59. The van der Waals surface area contributed by atoms with Crippen molar-refractivity contribution in [1.29, 1.82) is 0 Å². The summed E-state index contributed by atoms with van der Waals surface area (Å²) in [5.74, 6) is -1.86. The highest BCUT2D eigenvalue weighted by Gasteiger charge is 2.55. The van der Waals surface area contributed by atoms with E-state index in [-0.39, 0.29) is 26.1 Å². The van der Waals surface area contributed by atoms with Crippen LogP contribution in [0.1, 0.15) is 62.0 Å². The van der Waals surface area contributed by atoms with Gasteiger partial charge in [0.05, 0.1) is 23.6 Å². The highest BCUT2D eigenvalue weighted by molar-refractivity contribution is 7.90. The highest BCUT2D eigenvalue weighted by Crippen LogP contribution is 2.43. The summed E-state index contributed by atoms with van der Waals surface area (Å²) in [6.45, 7) is 1.83. The molecular weight excluding hydrogens is 563 g/mol. The first-order valence-corrected chi connectivity index (χ1v) is 14.5. The lowest BCUT2D eigenvalue weighted by Gasteiger charge is -2.45. The van der Waals surface area contributed by atoms with Crippen molar-refractivity contribution < 1.29 is 44.6 Å². The van der Waals surface area contributed by atoms with Crippen LogP contribution >= 0.6 is 0 Å². The summed E-state index contributed by atoms with van der Waals surface area (Å²) in [6.07, 6.45) is -6.53. The van der Waals surface area contributed by atoms with E-state index in [1.165, 1.54) is 11.1 Å². The van der Waals surface area contributed by atoms with E-state index < -0.39 is 69.0 Å². The van der Waals surface area contributed by atoms with E-state index in [1.54, 1.807) is 0 Å². The molecule has 40 heavy (non-hydrogen) atoms. The molecule has 9 nitrogen and oxygen atoms in total. The van der Waals surface area contributed by atoms with E-state index in [4.69, 9.17) is 9.47 Å². The second kappa shape index (κ2) is 10.9. The standard InChI is InChI=1S/C25H29F5N4O5S/c1-2-3-8-38-24(35)31-19-10-21(23(25(28,29)30)39-22(19)17-9-15(26)4-7-18(17)27)33-11-14-12-34(32-20(14)13-33)40(36,37)16-5-6-16/h4,7,9,12,16,19,21-23H,2-3,5-6,8,10-11,13H2,1H3,(H,31,35)/t19-,21+,22+,23-/m0/s1. The fourth-order valence-electron chi connectivity index (χ4n) is 5.18. The molecule has 1 aliphatic carbocycles. The molecule has 2 aromatic rings. The first kappa shape index (κ1) is 28.7. The zero-order valence-corrected chi connectivity index (χ0v) is 22.4. The maximum absolute atomic E-state index is 14.7. The van der Waals surface area contributed by atoms with Gasteiger partial charge in [-0.2, -0.15) is 22.4 Å². The number of fused-ring (bicyclic) bond motifs is 1. The number of hydrogen-bond donors (Lipinski definition) is 1. The van der Waals surface area contributed by atoms with Crippen LogP contribution in [0.15, 0.2) is 24.4 Å². The van der Waals surface area contributed by atoms with Crippen LogP contribution in [0.4, 0.5) is 26.7 Å². The Morgan fingerprint density at radius 1 is 1.23 bits per heavy atom. The van der Waals surface area contributed by atoms with Crippen LogP contribution in [-0.4, -0.2) is 64.8 Å². The number of amides is 1. The van der Waals surface area contributed by atoms with Crippen LogP contribution in [0.2, 0.25) is 0 Å². The Kier molecular flexibility index (Phi) is 7.83. The molecule has 15 heteroatoms. The monoisotopic (exact) mass is 592 g/mol. The van der Waals surface area contributed by atoms with Crippen molar-refractivity contribution in [2.45, 2.75) is 87.8 Å². The number of nitrogens with zero attached hydrogens (tertiary/aromatic N) is 3. The summed E-state index contributed by atoms with van der Waals surface area (Å²) in [4.78, 5) is 13.9. The smallest absolute Gasteiger partial charge is 0.416 e. The molecule has 2 aliphatic heterocycles. The van der Waals surface area contributed by atoms with Crippen molar-refractivity contribution in [3.8, 4) is 0 Å². The quantitative estimate of drug-likeness (QED) is 0.363. The van der Waals surface area contributed by atoms with Gasteiger partial charge in [0.2, 0.25) is 0 Å². The molecule has 4 atom stereocenters. The van der Waals surface area contributed by atoms with Gasteiger partial charge in [0.1, 0.15) is 17.7 Å². The Hall–Kier alpha value is -2.78. The molecule has 3 heterocycles. The minimum absolute atomic E-state index is 0.0389. The molecule has 1 saturated carbocycles. The summed E-state index contributed by atoms with van der Waals surface area (Å²) < 4.78 is 108. The second-order valence-electron chi connectivity index (χ2n) is 10.4. The van der Waals surface area contributed by atoms with Crippen molar-refractivity contribution in [2.75, 3.05) is 6.61 Å². The first-order chi connectivity index (χ1) is 18.9. The zero-order chi connectivity index (χ0) is 28.8. The van der Waals surface area contributed by atoms with Gasteiger partial charge in [0.15, 0.2) is 6.10 Å². The Balaban J connectivity index is 1.42. The van der Waals surface area contributed by atoms with Crippen LogP contribution in [0, 0.1) is 11.6 Å². The largest absolute Gasteiger partial charge is 0.450 e. The molecular formula is C25H29F5N4O5S. The van der Waals surface area contributed by atoms with Crippen molar-refractivity contribution >= 4 is 16.1 Å². The number of rotatable bonds is 8. The van der Waals surface area contributed by atoms with E-state index in [1.807, 2.05) is 6.92 Å². The molecule has 0 spiro atoms. The number of alkyl carbamates (subject to hydrolysis) is 1. The molecule has 3 aliphatic rings. The number of ether oxygens (including phenoxy) is 2. The molecule has 0 unspecified atom stereocenters. The lowest BCUT2D eigenvalue weighted by atomic mass is 9.88. The third-order valence-electron chi connectivity index (χ3n) is 7.38. The van der Waals surface area contributed by atoms with Gasteiger partial charge in [-0.15, -0.1) is 0 Å². The van der Waals surface area contributed by atoms with E-state index in [0.717, 1.165) is 28.7 Å². The Labute approximate surface area is 227 Å². The molecule has 1 aromatic heterocycles. The number of hydrogen-bond acceptors (Lipinski definition) is 7. The molecule has 1 amide bonds. The van der Waals surface area contributed by atoms with Gasteiger partial charge in [-0.1, -0.05) is 13.3 Å². The Morgan fingerprint density at radius 2 is 1.98 bits per heavy atom. The molecule has 220 valence electrons. The van der Waals surface area contributed by atoms with Crippen molar-refractivity contribution in [1.82, 2.24) is 19.4 Å². The lowest BCUT2D eigenvalue weighted by molar-refractivity contribution is -0.270.